The molecule has 2 aromatic carbocycles. The molecule has 0 saturated carbocycles. The molecule has 1 amide bonds. The van der Waals surface area contributed by atoms with Gasteiger partial charge in [-0.2, -0.15) is 0 Å². The Kier molecular flexibility index (Phi) is 7.75. The second-order valence-electron chi connectivity index (χ2n) is 11.7. The van der Waals surface area contributed by atoms with Crippen LogP contribution in [0.4, 0.5) is 5.69 Å². The van der Waals surface area contributed by atoms with Gasteiger partial charge in [0, 0.05) is 60.8 Å². The third-order valence-corrected chi connectivity index (χ3v) is 9.72. The van der Waals surface area contributed by atoms with Gasteiger partial charge in [0.05, 0.1) is 0 Å². The third-order valence-electron chi connectivity index (χ3n) is 9.38. The van der Waals surface area contributed by atoms with Gasteiger partial charge in [-0.05, 0) is 110 Å². The third kappa shape index (κ3) is 5.71. The topological polar surface area (TPSA) is 53.5 Å². The highest BCUT2D eigenvalue weighted by molar-refractivity contribution is 6.32. The summed E-state index contributed by atoms with van der Waals surface area (Å²) in [6.45, 7) is 3.77. The molecule has 2 aliphatic heterocycles. The number of carbonyl (C=O) groups is 2. The minimum Gasteiger partial charge on any atom is -0.371 e. The molecule has 3 aromatic rings. The van der Waals surface area contributed by atoms with Gasteiger partial charge >= 0.3 is 0 Å². The first-order valence-electron chi connectivity index (χ1n) is 14.5. The van der Waals surface area contributed by atoms with E-state index in [0.717, 1.165) is 68.6 Å². The van der Waals surface area contributed by atoms with E-state index in [-0.39, 0.29) is 17.6 Å². The van der Waals surface area contributed by atoms with E-state index < -0.39 is 0 Å². The second-order valence-corrected chi connectivity index (χ2v) is 12.1. The number of benzene rings is 2. The number of amides is 1. The monoisotopic (exact) mass is 553 g/mol. The zero-order valence-corrected chi connectivity index (χ0v) is 23.7. The quantitative estimate of drug-likeness (QED) is 0.332. The van der Waals surface area contributed by atoms with Crippen molar-refractivity contribution in [2.75, 3.05) is 31.1 Å². The molecule has 206 valence electrons. The number of aromatic nitrogens is 1. The van der Waals surface area contributed by atoms with Crippen LogP contribution in [-0.2, 0) is 17.6 Å². The molecule has 40 heavy (non-hydrogen) atoms. The largest absolute Gasteiger partial charge is 0.371 e. The van der Waals surface area contributed by atoms with Crippen LogP contribution < -0.4 is 4.90 Å². The van der Waals surface area contributed by atoms with Crippen LogP contribution in [0.3, 0.4) is 0 Å². The predicted octanol–water partition coefficient (Wildman–Crippen LogP) is 6.65. The Labute approximate surface area is 241 Å². The summed E-state index contributed by atoms with van der Waals surface area (Å²) < 4.78 is 0. The average molecular weight is 554 g/mol. The number of halogens is 1. The van der Waals surface area contributed by atoms with Crippen LogP contribution in [0.5, 0.6) is 0 Å². The van der Waals surface area contributed by atoms with Crippen LogP contribution in [0.2, 0.25) is 5.02 Å². The summed E-state index contributed by atoms with van der Waals surface area (Å²) in [5.41, 5.74) is 5.60. The molecule has 0 bridgehead atoms. The van der Waals surface area contributed by atoms with Gasteiger partial charge in [-0.15, -0.1) is 0 Å². The number of allylic oxidation sites excluding steroid dienone is 1. The number of nitrogens with zero attached hydrogens (tertiary/aromatic N) is 3. The Morgan fingerprint density at radius 1 is 0.900 bits per heavy atom. The fourth-order valence-corrected chi connectivity index (χ4v) is 6.91. The molecule has 1 aromatic heterocycles. The highest BCUT2D eigenvalue weighted by Gasteiger charge is 2.39. The van der Waals surface area contributed by atoms with Crippen molar-refractivity contribution in [2.45, 2.75) is 44.9 Å². The fourth-order valence-electron chi connectivity index (χ4n) is 6.71. The number of piperidine rings is 2. The number of carbonyl (C=O) groups excluding carboxylic acids is 2. The lowest BCUT2D eigenvalue weighted by Gasteiger charge is -2.47. The summed E-state index contributed by atoms with van der Waals surface area (Å²) in [6.07, 6.45) is 14.1. The maximum absolute atomic E-state index is 13.5. The number of rotatable bonds is 5. The lowest BCUT2D eigenvalue weighted by Crippen LogP contribution is -2.48. The summed E-state index contributed by atoms with van der Waals surface area (Å²) in [6, 6.07) is 17.9. The summed E-state index contributed by atoms with van der Waals surface area (Å²) in [7, 11) is 0. The van der Waals surface area contributed by atoms with Crippen LogP contribution in [0.1, 0.15) is 59.2 Å². The zero-order chi connectivity index (χ0) is 27.5. The van der Waals surface area contributed by atoms with E-state index in [1.807, 2.05) is 59.8 Å². The Hall–Kier alpha value is -3.44. The molecule has 0 radical (unpaired) electrons. The van der Waals surface area contributed by atoms with Crippen LogP contribution in [0, 0.1) is 11.3 Å². The molecular formula is C34H36ClN3O2. The molecule has 3 aliphatic rings. The molecule has 2 fully saturated rings. The predicted molar refractivity (Wildman–Crippen MR) is 161 cm³/mol. The van der Waals surface area contributed by atoms with Crippen molar-refractivity contribution in [1.29, 1.82) is 0 Å². The summed E-state index contributed by atoms with van der Waals surface area (Å²) in [5.74, 6) is 0.182. The molecule has 1 atom stereocenters. The molecule has 3 heterocycles. The minimum atomic E-state index is -0.0653. The van der Waals surface area contributed by atoms with E-state index in [1.165, 1.54) is 24.1 Å². The number of ketones is 1. The lowest BCUT2D eigenvalue weighted by molar-refractivity contribution is -0.118. The number of anilines is 1. The van der Waals surface area contributed by atoms with Crippen molar-refractivity contribution < 1.29 is 9.59 Å². The number of hydrogen-bond donors (Lipinski definition) is 0. The number of pyridine rings is 1. The van der Waals surface area contributed by atoms with E-state index in [0.29, 0.717) is 16.9 Å². The van der Waals surface area contributed by atoms with Gasteiger partial charge in [-0.3, -0.25) is 14.6 Å². The number of likely N-dealkylation sites (tertiary alicyclic amines) is 1. The highest BCUT2D eigenvalue weighted by atomic mass is 35.5. The van der Waals surface area contributed by atoms with Gasteiger partial charge in [0.1, 0.15) is 0 Å². The van der Waals surface area contributed by atoms with E-state index in [4.69, 9.17) is 11.6 Å². The molecule has 5 nitrogen and oxygen atoms in total. The Balaban J connectivity index is 1.05. The van der Waals surface area contributed by atoms with Gasteiger partial charge in [0.15, 0.2) is 5.78 Å². The van der Waals surface area contributed by atoms with E-state index >= 15 is 0 Å². The lowest BCUT2D eigenvalue weighted by atomic mass is 9.71. The standard InChI is InChI=1S/C34H36ClN3O2/c35-31-4-2-1-3-26(31)9-10-32(39)27-7-5-25-6-8-28(24-29(25)23-27)33(40)38-21-15-34(16-22-38)13-19-37(20-14-34)30-11-17-36-18-12-30/h1-4,6,8-12,17-18,24,27H,5,7,13-16,19-23H2. The van der Waals surface area contributed by atoms with Gasteiger partial charge in [-0.1, -0.05) is 35.9 Å². The van der Waals surface area contributed by atoms with Crippen LogP contribution in [0.15, 0.2) is 73.1 Å². The molecule has 2 saturated heterocycles. The van der Waals surface area contributed by atoms with Gasteiger partial charge in [0.25, 0.3) is 5.91 Å². The van der Waals surface area contributed by atoms with Crippen LogP contribution in [-0.4, -0.2) is 47.8 Å². The van der Waals surface area contributed by atoms with Crippen LogP contribution in [0.25, 0.3) is 6.08 Å². The van der Waals surface area contributed by atoms with Crippen molar-refractivity contribution in [3.05, 3.63) is 100 Å². The SMILES string of the molecule is O=C(C=Cc1ccccc1Cl)C1CCc2ccc(C(=O)N3CCC4(CC3)CCN(c3ccncc3)CC4)cc2C1. The molecule has 1 unspecified atom stereocenters. The van der Waals surface area contributed by atoms with Gasteiger partial charge < -0.3 is 9.80 Å². The van der Waals surface area contributed by atoms with Gasteiger partial charge in [0.2, 0.25) is 0 Å². The molecular weight excluding hydrogens is 518 g/mol. The second kappa shape index (κ2) is 11.6. The molecule has 1 spiro atoms. The summed E-state index contributed by atoms with van der Waals surface area (Å²) >= 11 is 6.24. The van der Waals surface area contributed by atoms with Gasteiger partial charge in [-0.25, -0.2) is 0 Å². The molecule has 6 rings (SSSR count). The number of aryl methyl sites for hydroxylation is 1. The van der Waals surface area contributed by atoms with Crippen molar-refractivity contribution in [3.8, 4) is 0 Å². The molecule has 1 aliphatic carbocycles. The van der Waals surface area contributed by atoms with E-state index in [1.54, 1.807) is 6.08 Å². The zero-order valence-electron chi connectivity index (χ0n) is 22.9. The van der Waals surface area contributed by atoms with Crippen molar-refractivity contribution in [1.82, 2.24) is 9.88 Å². The van der Waals surface area contributed by atoms with Crippen molar-refractivity contribution in [3.63, 3.8) is 0 Å². The maximum atomic E-state index is 13.5. The minimum absolute atomic E-state index is 0.0653. The maximum Gasteiger partial charge on any atom is 0.253 e. The number of hydrogen-bond acceptors (Lipinski definition) is 4. The summed E-state index contributed by atoms with van der Waals surface area (Å²) in [5, 5.41) is 0.641. The highest BCUT2D eigenvalue weighted by Crippen LogP contribution is 2.42. The summed E-state index contributed by atoms with van der Waals surface area (Å²) in [4.78, 5) is 35.2. The van der Waals surface area contributed by atoms with E-state index in [2.05, 4.69) is 28.1 Å². The first kappa shape index (κ1) is 26.8. The number of fused-ring (bicyclic) bond motifs is 1. The Morgan fingerprint density at radius 2 is 1.62 bits per heavy atom. The smallest absolute Gasteiger partial charge is 0.253 e. The molecule has 6 heteroatoms. The Morgan fingerprint density at radius 3 is 2.38 bits per heavy atom. The first-order valence-corrected chi connectivity index (χ1v) is 14.9. The fraction of sp³-hybridized carbons (Fsp3) is 0.382. The molecule has 0 N–H and O–H groups in total. The Bertz CT molecular complexity index is 1400. The van der Waals surface area contributed by atoms with E-state index in [9.17, 15) is 9.59 Å². The average Bonchev–Trinajstić information content (AvgIpc) is 3.01. The van der Waals surface area contributed by atoms with Crippen molar-refractivity contribution >= 4 is 35.1 Å². The van der Waals surface area contributed by atoms with Crippen LogP contribution >= 0.6 is 11.6 Å². The van der Waals surface area contributed by atoms with Crippen molar-refractivity contribution in [2.24, 2.45) is 11.3 Å². The first-order chi connectivity index (χ1) is 19.5. The normalized spacial score (nSPS) is 20.5.